The second-order valence-electron chi connectivity index (χ2n) is 5.82. The molecule has 9 heteroatoms. The molecule has 0 spiro atoms. The molecular weight excluding hydrogens is 338 g/mol. The number of hydrogen-bond acceptors (Lipinski definition) is 6. The molecule has 9 nitrogen and oxygen atoms in total. The van der Waals surface area contributed by atoms with Crippen LogP contribution in [-0.2, 0) is 16.1 Å². The van der Waals surface area contributed by atoms with E-state index in [4.69, 9.17) is 4.52 Å². The average molecular weight is 355 g/mol. The van der Waals surface area contributed by atoms with E-state index < -0.39 is 11.8 Å². The van der Waals surface area contributed by atoms with Gasteiger partial charge in [0.2, 0.25) is 11.8 Å². The van der Waals surface area contributed by atoms with Crippen LogP contribution in [0.1, 0.15) is 5.76 Å². The minimum Gasteiger partial charge on any atom is -0.360 e. The molecule has 2 amide bonds. The van der Waals surface area contributed by atoms with Gasteiger partial charge >= 0.3 is 0 Å². The maximum atomic E-state index is 12.4. The van der Waals surface area contributed by atoms with E-state index in [-0.39, 0.29) is 24.5 Å². The number of hydrogen-bond donors (Lipinski definition) is 1. The molecule has 0 radical (unpaired) electrons. The minimum absolute atomic E-state index is 0.180. The standard InChI is InChI=1S/C17H17N5O4/c1-11-7-14(20-26-11)19-15(23)8-21(2)16(24)9-22-10-18-13-6-4-3-5-12(13)17(22)25/h3-7,10H,8-9H2,1-2H3,(H,19,20,23). The highest BCUT2D eigenvalue weighted by atomic mass is 16.5. The number of amides is 2. The maximum absolute atomic E-state index is 12.4. The molecule has 0 aliphatic heterocycles. The molecule has 2 aromatic heterocycles. The van der Waals surface area contributed by atoms with Gasteiger partial charge in [-0.05, 0) is 19.1 Å². The van der Waals surface area contributed by atoms with Crippen LogP contribution in [0.2, 0.25) is 0 Å². The number of aryl methyl sites for hydroxylation is 1. The molecule has 2 heterocycles. The summed E-state index contributed by atoms with van der Waals surface area (Å²) in [6.07, 6.45) is 1.33. The van der Waals surface area contributed by atoms with Crippen LogP contribution < -0.4 is 10.9 Å². The third kappa shape index (κ3) is 3.77. The van der Waals surface area contributed by atoms with Crippen molar-refractivity contribution in [1.29, 1.82) is 0 Å². The fourth-order valence-electron chi connectivity index (χ4n) is 2.40. The first kappa shape index (κ1) is 17.3. The van der Waals surface area contributed by atoms with Crippen LogP contribution in [0, 0.1) is 6.92 Å². The zero-order chi connectivity index (χ0) is 18.7. The molecule has 0 saturated heterocycles. The van der Waals surface area contributed by atoms with E-state index in [0.29, 0.717) is 16.7 Å². The number of anilines is 1. The summed E-state index contributed by atoms with van der Waals surface area (Å²) in [7, 11) is 1.48. The molecule has 3 aromatic rings. The van der Waals surface area contributed by atoms with Gasteiger partial charge in [-0.1, -0.05) is 17.3 Å². The molecule has 0 atom stereocenters. The Hall–Kier alpha value is -3.49. The Morgan fingerprint density at radius 3 is 2.81 bits per heavy atom. The fraction of sp³-hybridized carbons (Fsp3) is 0.235. The van der Waals surface area contributed by atoms with Gasteiger partial charge in [0.25, 0.3) is 5.56 Å². The predicted octanol–water partition coefficient (Wildman–Crippen LogP) is 0.790. The lowest BCUT2D eigenvalue weighted by molar-refractivity contribution is -0.133. The Labute approximate surface area is 148 Å². The van der Waals surface area contributed by atoms with Crippen LogP contribution in [0.25, 0.3) is 10.9 Å². The minimum atomic E-state index is -0.418. The van der Waals surface area contributed by atoms with Gasteiger partial charge in [0, 0.05) is 13.1 Å². The number of carbonyl (C=O) groups is 2. The SMILES string of the molecule is Cc1cc(NC(=O)CN(C)C(=O)Cn2cnc3ccccc3c2=O)no1. The Morgan fingerprint density at radius 1 is 1.31 bits per heavy atom. The summed E-state index contributed by atoms with van der Waals surface area (Å²) < 4.78 is 6.08. The summed E-state index contributed by atoms with van der Waals surface area (Å²) in [4.78, 5) is 42.1. The Morgan fingerprint density at radius 2 is 2.08 bits per heavy atom. The van der Waals surface area contributed by atoms with E-state index in [1.165, 1.54) is 22.8 Å². The van der Waals surface area contributed by atoms with Crippen LogP contribution in [-0.4, -0.2) is 45.0 Å². The Kier molecular flexibility index (Phi) is 4.78. The quantitative estimate of drug-likeness (QED) is 0.724. The van der Waals surface area contributed by atoms with Crippen molar-refractivity contribution in [2.75, 3.05) is 18.9 Å². The second-order valence-corrected chi connectivity index (χ2v) is 5.82. The van der Waals surface area contributed by atoms with Gasteiger partial charge in [0.1, 0.15) is 12.3 Å². The first-order valence-corrected chi connectivity index (χ1v) is 7.85. The van der Waals surface area contributed by atoms with Gasteiger partial charge in [0.05, 0.1) is 23.8 Å². The normalized spacial score (nSPS) is 10.7. The number of nitrogens with zero attached hydrogens (tertiary/aromatic N) is 4. The van der Waals surface area contributed by atoms with Gasteiger partial charge in [-0.15, -0.1) is 0 Å². The van der Waals surface area contributed by atoms with E-state index in [1.54, 1.807) is 37.3 Å². The smallest absolute Gasteiger partial charge is 0.261 e. The third-order valence-electron chi connectivity index (χ3n) is 3.74. The lowest BCUT2D eigenvalue weighted by atomic mass is 10.2. The molecular formula is C17H17N5O4. The van der Waals surface area contributed by atoms with Crippen LogP contribution in [0.4, 0.5) is 5.82 Å². The summed E-state index contributed by atoms with van der Waals surface area (Å²) in [5, 5.41) is 6.62. The first-order chi connectivity index (χ1) is 12.4. The Balaban J connectivity index is 1.65. The van der Waals surface area contributed by atoms with Gasteiger partial charge in [0.15, 0.2) is 5.82 Å². The number of benzene rings is 1. The van der Waals surface area contributed by atoms with Gasteiger partial charge in [-0.2, -0.15) is 0 Å². The topological polar surface area (TPSA) is 110 Å². The molecule has 134 valence electrons. The van der Waals surface area contributed by atoms with Gasteiger partial charge < -0.3 is 14.7 Å². The summed E-state index contributed by atoms with van der Waals surface area (Å²) in [6.45, 7) is 1.32. The number of nitrogens with one attached hydrogen (secondary N) is 1. The van der Waals surface area contributed by atoms with E-state index >= 15 is 0 Å². The zero-order valence-electron chi connectivity index (χ0n) is 14.3. The second kappa shape index (κ2) is 7.18. The largest absolute Gasteiger partial charge is 0.360 e. The highest BCUT2D eigenvalue weighted by Crippen LogP contribution is 2.07. The third-order valence-corrected chi connectivity index (χ3v) is 3.74. The van der Waals surface area contributed by atoms with E-state index in [2.05, 4.69) is 15.5 Å². The number of likely N-dealkylation sites (N-methyl/N-ethyl adjacent to an activating group) is 1. The molecule has 1 N–H and O–H groups in total. The number of carbonyl (C=O) groups excluding carboxylic acids is 2. The summed E-state index contributed by atoms with van der Waals surface area (Å²) in [5.74, 6) is 0.0324. The Bertz CT molecular complexity index is 1020. The highest BCUT2D eigenvalue weighted by molar-refractivity contribution is 5.93. The zero-order valence-corrected chi connectivity index (χ0v) is 14.3. The van der Waals surface area contributed by atoms with Crippen LogP contribution >= 0.6 is 0 Å². The molecule has 0 bridgehead atoms. The van der Waals surface area contributed by atoms with Crippen molar-refractivity contribution in [3.05, 3.63) is 52.8 Å². The number of rotatable bonds is 5. The predicted molar refractivity (Wildman–Crippen MR) is 93.5 cm³/mol. The van der Waals surface area contributed by atoms with Gasteiger partial charge in [-0.25, -0.2) is 4.98 Å². The molecule has 3 rings (SSSR count). The monoisotopic (exact) mass is 355 g/mol. The van der Waals surface area contributed by atoms with Crippen molar-refractivity contribution in [1.82, 2.24) is 19.6 Å². The highest BCUT2D eigenvalue weighted by Gasteiger charge is 2.16. The average Bonchev–Trinajstić information content (AvgIpc) is 3.02. The van der Waals surface area contributed by atoms with Crippen LogP contribution in [0.3, 0.4) is 0 Å². The molecule has 0 fully saturated rings. The van der Waals surface area contributed by atoms with Crippen molar-refractivity contribution in [3.8, 4) is 0 Å². The van der Waals surface area contributed by atoms with Crippen molar-refractivity contribution < 1.29 is 14.1 Å². The van der Waals surface area contributed by atoms with Crippen LogP contribution in [0.5, 0.6) is 0 Å². The van der Waals surface area contributed by atoms with Crippen LogP contribution in [0.15, 0.2) is 46.0 Å². The van der Waals surface area contributed by atoms with Gasteiger partial charge in [-0.3, -0.25) is 19.0 Å². The lowest BCUT2D eigenvalue weighted by Crippen LogP contribution is -2.38. The molecule has 0 aliphatic rings. The number of para-hydroxylation sites is 1. The summed E-state index contributed by atoms with van der Waals surface area (Å²) >= 11 is 0. The number of aromatic nitrogens is 3. The fourth-order valence-corrected chi connectivity index (χ4v) is 2.40. The molecule has 1 aromatic carbocycles. The van der Waals surface area contributed by atoms with E-state index in [9.17, 15) is 14.4 Å². The van der Waals surface area contributed by atoms with E-state index in [0.717, 1.165) is 0 Å². The van der Waals surface area contributed by atoms with Crippen molar-refractivity contribution in [3.63, 3.8) is 0 Å². The van der Waals surface area contributed by atoms with Crippen molar-refractivity contribution in [2.24, 2.45) is 0 Å². The number of fused-ring (bicyclic) bond motifs is 1. The molecule has 0 unspecified atom stereocenters. The summed E-state index contributed by atoms with van der Waals surface area (Å²) in [5.41, 5.74) is 0.261. The summed E-state index contributed by atoms with van der Waals surface area (Å²) in [6, 6.07) is 8.47. The lowest BCUT2D eigenvalue weighted by Gasteiger charge is -2.17. The molecule has 0 saturated carbocycles. The molecule has 26 heavy (non-hydrogen) atoms. The van der Waals surface area contributed by atoms with Crippen molar-refractivity contribution in [2.45, 2.75) is 13.5 Å². The first-order valence-electron chi connectivity index (χ1n) is 7.85. The maximum Gasteiger partial charge on any atom is 0.261 e. The van der Waals surface area contributed by atoms with Crippen molar-refractivity contribution >= 4 is 28.5 Å². The van der Waals surface area contributed by atoms with E-state index in [1.807, 2.05) is 0 Å². The molecule has 0 aliphatic carbocycles.